The number of carboxylic acids is 1. The number of rotatable bonds is 10. The largest absolute Gasteiger partial charge is 0.488 e. The molecule has 0 spiro atoms. The Bertz CT molecular complexity index is 1450. The van der Waals surface area contributed by atoms with E-state index in [-0.39, 0.29) is 19.4 Å². The van der Waals surface area contributed by atoms with E-state index in [0.717, 1.165) is 28.1 Å². The van der Waals surface area contributed by atoms with Crippen LogP contribution < -0.4 is 4.74 Å². The molecule has 0 saturated carbocycles. The van der Waals surface area contributed by atoms with Gasteiger partial charge in [-0.25, -0.2) is 9.37 Å². The van der Waals surface area contributed by atoms with Crippen molar-refractivity contribution in [2.75, 3.05) is 0 Å². The molecule has 39 heavy (non-hydrogen) atoms. The van der Waals surface area contributed by atoms with E-state index in [0.29, 0.717) is 45.4 Å². The first kappa shape index (κ1) is 28.6. The maximum absolute atomic E-state index is 14.3. The van der Waals surface area contributed by atoms with E-state index in [2.05, 4.69) is 4.98 Å². The molecule has 0 saturated heterocycles. The number of halogens is 5. The summed E-state index contributed by atoms with van der Waals surface area (Å²) in [5, 5.41) is 9.76. The lowest BCUT2D eigenvalue weighted by molar-refractivity contribution is -0.138. The highest BCUT2D eigenvalue weighted by Gasteiger charge is 2.30. The van der Waals surface area contributed by atoms with E-state index in [1.54, 1.807) is 12.1 Å². The lowest BCUT2D eigenvalue weighted by Gasteiger charge is -2.10. The van der Waals surface area contributed by atoms with Crippen molar-refractivity contribution in [3.63, 3.8) is 0 Å². The fraction of sp³-hybridized carbons (Fsp3) is 0.241. The Labute approximate surface area is 231 Å². The molecular formula is C29H24ClF4NO3S. The number of carboxylic acid groups (broad SMARTS) is 1. The van der Waals surface area contributed by atoms with Crippen molar-refractivity contribution in [2.45, 2.75) is 45.4 Å². The summed E-state index contributed by atoms with van der Waals surface area (Å²) >= 11 is 7.49. The number of thiazole rings is 1. The first-order valence-electron chi connectivity index (χ1n) is 12.0. The second-order valence-corrected chi connectivity index (χ2v) is 10.4. The first-order valence-corrected chi connectivity index (χ1v) is 13.2. The molecule has 1 N–H and O–H groups in total. The zero-order chi connectivity index (χ0) is 28.2. The van der Waals surface area contributed by atoms with E-state index >= 15 is 0 Å². The van der Waals surface area contributed by atoms with Crippen molar-refractivity contribution in [3.8, 4) is 16.3 Å². The number of ether oxygens (including phenoxy) is 1. The molecule has 0 unspecified atom stereocenters. The average Bonchev–Trinajstić information content (AvgIpc) is 3.29. The van der Waals surface area contributed by atoms with E-state index in [1.807, 2.05) is 19.1 Å². The highest BCUT2D eigenvalue weighted by atomic mass is 35.5. The number of aromatic nitrogens is 1. The Morgan fingerprint density at radius 2 is 1.79 bits per heavy atom. The Hall–Kier alpha value is -3.43. The number of carbonyl (C=O) groups is 1. The maximum Gasteiger partial charge on any atom is 0.416 e. The monoisotopic (exact) mass is 577 g/mol. The second-order valence-electron chi connectivity index (χ2n) is 8.93. The van der Waals surface area contributed by atoms with Gasteiger partial charge in [0.2, 0.25) is 0 Å². The molecule has 0 aliphatic carbocycles. The zero-order valence-electron chi connectivity index (χ0n) is 20.8. The van der Waals surface area contributed by atoms with Crippen molar-refractivity contribution in [3.05, 3.63) is 104 Å². The highest BCUT2D eigenvalue weighted by Crippen LogP contribution is 2.34. The molecule has 0 aliphatic heterocycles. The van der Waals surface area contributed by atoms with Crippen LogP contribution in [-0.4, -0.2) is 16.1 Å². The van der Waals surface area contributed by atoms with Crippen LogP contribution in [0, 0.1) is 12.7 Å². The Balaban J connectivity index is 1.57. The van der Waals surface area contributed by atoms with E-state index in [1.165, 1.54) is 35.6 Å². The van der Waals surface area contributed by atoms with Gasteiger partial charge in [0.1, 0.15) is 23.2 Å². The molecule has 3 aromatic carbocycles. The summed E-state index contributed by atoms with van der Waals surface area (Å²) in [5.74, 6) is -0.705. The summed E-state index contributed by atoms with van der Waals surface area (Å²) in [4.78, 5) is 16.3. The molecule has 0 atom stereocenters. The van der Waals surface area contributed by atoms with Crippen LogP contribution in [0.2, 0.25) is 5.02 Å². The standard InChI is InChI=1S/C29H24ClF4NO3S/c1-17-15-21(11-7-18(17)8-14-27(36)37)38-16-26-25(13-12-22-23(30)3-2-4-24(22)31)35-28(39-26)19-5-9-20(10-6-19)29(32,33)34/h2-7,9-11,15H,8,12-14,16H2,1H3,(H,36,37). The van der Waals surface area contributed by atoms with Crippen LogP contribution in [0.3, 0.4) is 0 Å². The Kier molecular flexibility index (Phi) is 8.92. The highest BCUT2D eigenvalue weighted by molar-refractivity contribution is 7.15. The first-order chi connectivity index (χ1) is 18.5. The van der Waals surface area contributed by atoms with Crippen molar-refractivity contribution < 1.29 is 32.2 Å². The lowest BCUT2D eigenvalue weighted by atomic mass is 10.0. The number of alkyl halides is 3. The summed E-state index contributed by atoms with van der Waals surface area (Å²) < 4.78 is 59.4. The van der Waals surface area contributed by atoms with Crippen LogP contribution >= 0.6 is 22.9 Å². The molecule has 0 aliphatic rings. The number of benzene rings is 3. The molecule has 10 heteroatoms. The van der Waals surface area contributed by atoms with Gasteiger partial charge in [0, 0.05) is 22.6 Å². The third-order valence-corrected chi connectivity index (χ3v) is 7.68. The van der Waals surface area contributed by atoms with Gasteiger partial charge in [0.05, 0.1) is 16.1 Å². The third kappa shape index (κ3) is 7.36. The number of aryl methyl sites for hydroxylation is 3. The van der Waals surface area contributed by atoms with Crippen molar-refractivity contribution in [2.24, 2.45) is 0 Å². The molecule has 1 aromatic heterocycles. The van der Waals surface area contributed by atoms with Crippen LogP contribution in [0.15, 0.2) is 60.7 Å². The molecule has 0 radical (unpaired) electrons. The van der Waals surface area contributed by atoms with Crippen LogP contribution in [-0.2, 0) is 36.8 Å². The number of hydrogen-bond donors (Lipinski definition) is 1. The minimum Gasteiger partial charge on any atom is -0.488 e. The maximum atomic E-state index is 14.3. The van der Waals surface area contributed by atoms with Gasteiger partial charge in [-0.3, -0.25) is 4.79 Å². The number of aliphatic carboxylic acids is 1. The van der Waals surface area contributed by atoms with Crippen LogP contribution in [0.4, 0.5) is 17.6 Å². The quantitative estimate of drug-likeness (QED) is 0.193. The van der Waals surface area contributed by atoms with Gasteiger partial charge in [-0.15, -0.1) is 11.3 Å². The molecular weight excluding hydrogens is 554 g/mol. The molecule has 1 heterocycles. The number of nitrogens with zero attached hydrogens (tertiary/aromatic N) is 1. The average molecular weight is 578 g/mol. The molecule has 0 amide bonds. The van der Waals surface area contributed by atoms with Gasteiger partial charge in [-0.2, -0.15) is 13.2 Å². The molecule has 0 fully saturated rings. The molecule has 204 valence electrons. The second kappa shape index (κ2) is 12.2. The van der Waals surface area contributed by atoms with Crippen LogP contribution in [0.5, 0.6) is 5.75 Å². The summed E-state index contributed by atoms with van der Waals surface area (Å²) in [6.45, 7) is 2.02. The predicted molar refractivity (Wildman–Crippen MR) is 143 cm³/mol. The number of hydrogen-bond acceptors (Lipinski definition) is 4. The molecule has 0 bridgehead atoms. The van der Waals surface area contributed by atoms with Crippen LogP contribution in [0.1, 0.15) is 39.2 Å². The fourth-order valence-corrected chi connectivity index (χ4v) is 5.34. The van der Waals surface area contributed by atoms with Crippen molar-refractivity contribution >= 4 is 28.9 Å². The van der Waals surface area contributed by atoms with E-state index in [4.69, 9.17) is 21.4 Å². The van der Waals surface area contributed by atoms with Gasteiger partial charge in [0.25, 0.3) is 0 Å². The minimum absolute atomic E-state index is 0.0318. The van der Waals surface area contributed by atoms with Crippen molar-refractivity contribution in [1.82, 2.24) is 4.98 Å². The fourth-order valence-electron chi connectivity index (χ4n) is 4.06. The van der Waals surface area contributed by atoms with Gasteiger partial charge < -0.3 is 9.84 Å². The minimum atomic E-state index is -4.44. The van der Waals surface area contributed by atoms with Gasteiger partial charge in [0.15, 0.2) is 0 Å². The van der Waals surface area contributed by atoms with E-state index in [9.17, 15) is 22.4 Å². The lowest BCUT2D eigenvalue weighted by Crippen LogP contribution is -2.04. The normalized spacial score (nSPS) is 11.5. The SMILES string of the molecule is Cc1cc(OCc2sc(-c3ccc(C(F)(F)F)cc3)nc2CCc2c(F)cccc2Cl)ccc1CCC(=O)O. The van der Waals surface area contributed by atoms with Gasteiger partial charge in [-0.1, -0.05) is 35.9 Å². The molecule has 4 aromatic rings. The topological polar surface area (TPSA) is 59.4 Å². The summed E-state index contributed by atoms with van der Waals surface area (Å²) in [7, 11) is 0. The molecule has 4 rings (SSSR count). The summed E-state index contributed by atoms with van der Waals surface area (Å²) in [6, 6.07) is 14.7. The smallest absolute Gasteiger partial charge is 0.416 e. The Morgan fingerprint density at radius 1 is 1.05 bits per heavy atom. The molecule has 4 nitrogen and oxygen atoms in total. The van der Waals surface area contributed by atoms with E-state index < -0.39 is 23.5 Å². The van der Waals surface area contributed by atoms with Gasteiger partial charge in [-0.05, 0) is 73.7 Å². The predicted octanol–water partition coefficient (Wildman–Crippen LogP) is 8.31. The summed E-state index contributed by atoms with van der Waals surface area (Å²) in [5.41, 5.74) is 2.60. The summed E-state index contributed by atoms with van der Waals surface area (Å²) in [6.07, 6.45) is -3.36. The zero-order valence-corrected chi connectivity index (χ0v) is 22.4. The van der Waals surface area contributed by atoms with Gasteiger partial charge >= 0.3 is 12.1 Å². The van der Waals surface area contributed by atoms with Crippen molar-refractivity contribution in [1.29, 1.82) is 0 Å². The Morgan fingerprint density at radius 3 is 2.44 bits per heavy atom. The van der Waals surface area contributed by atoms with Crippen LogP contribution in [0.25, 0.3) is 10.6 Å². The third-order valence-electron chi connectivity index (χ3n) is 6.20.